The maximum atomic E-state index is 11.2. The average molecular weight is 180 g/mol. The van der Waals surface area contributed by atoms with Crippen molar-refractivity contribution in [1.29, 1.82) is 0 Å². The van der Waals surface area contributed by atoms with Crippen LogP contribution < -0.4 is 0 Å². The van der Waals surface area contributed by atoms with E-state index in [-0.39, 0.29) is 17.3 Å². The van der Waals surface area contributed by atoms with Crippen LogP contribution in [0.2, 0.25) is 0 Å². The molecule has 0 aromatic rings. The molecule has 2 fully saturated rings. The summed E-state index contributed by atoms with van der Waals surface area (Å²) in [5, 5.41) is 0. The van der Waals surface area contributed by atoms with Crippen LogP contribution in [0.3, 0.4) is 0 Å². The molecule has 2 rings (SSSR count). The number of hydrogen-bond acceptors (Lipinski definition) is 2. The molecule has 0 amide bonds. The maximum Gasteiger partial charge on any atom is 0.313 e. The zero-order valence-corrected chi connectivity index (χ0v) is 8.30. The Morgan fingerprint density at radius 1 is 1.54 bits per heavy atom. The predicted octanol–water partition coefficient (Wildman–Crippen LogP) is 2.64. The van der Waals surface area contributed by atoms with Gasteiger partial charge in [0.15, 0.2) is 0 Å². The normalized spacial score (nSPS) is 28.3. The van der Waals surface area contributed by atoms with E-state index in [1.165, 1.54) is 12.0 Å². The number of esters is 1. The van der Waals surface area contributed by atoms with Gasteiger partial charge >= 0.3 is 5.97 Å². The molecule has 2 saturated carbocycles. The molecular weight excluding hydrogens is 164 g/mol. The van der Waals surface area contributed by atoms with E-state index in [2.05, 4.69) is 13.8 Å². The number of carbonyl (C=O) groups excluding carboxylic acids is 1. The fourth-order valence-electron chi connectivity index (χ4n) is 1.53. The lowest BCUT2D eigenvalue weighted by atomic mass is 9.68. The van der Waals surface area contributed by atoms with Gasteiger partial charge in [0, 0.05) is 0 Å². The highest BCUT2D eigenvalue weighted by Gasteiger charge is 2.34. The molecule has 0 aromatic heterocycles. The van der Waals surface area contributed by atoms with Crippen molar-refractivity contribution < 1.29 is 9.53 Å². The third kappa shape index (κ3) is 1.77. The third-order valence-corrected chi connectivity index (χ3v) is 3.12. The summed E-state index contributed by atoms with van der Waals surface area (Å²) in [6.07, 6.45) is 6.02. The van der Waals surface area contributed by atoms with E-state index in [4.69, 9.17) is 4.74 Å². The molecule has 0 aliphatic heterocycles. The smallest absolute Gasteiger partial charge is 0.313 e. The molecule has 0 atom stereocenters. The molecule has 0 saturated heterocycles. The summed E-state index contributed by atoms with van der Waals surface area (Å²) in [6, 6.07) is 0. The Hall–Kier alpha value is -0.790. The summed E-state index contributed by atoms with van der Waals surface area (Å²) >= 11 is 0. The average Bonchev–Trinajstić information content (AvgIpc) is 2.84. The van der Waals surface area contributed by atoms with Crippen LogP contribution in [-0.4, -0.2) is 5.97 Å². The van der Waals surface area contributed by atoms with Crippen molar-refractivity contribution in [2.45, 2.75) is 39.5 Å². The molecule has 13 heavy (non-hydrogen) atoms. The minimum Gasteiger partial charge on any atom is -0.434 e. The molecule has 0 unspecified atom stereocenters. The lowest BCUT2D eigenvalue weighted by Gasteiger charge is -2.37. The second kappa shape index (κ2) is 2.86. The van der Waals surface area contributed by atoms with E-state index in [0.29, 0.717) is 0 Å². The Kier molecular flexibility index (Phi) is 1.94. The predicted molar refractivity (Wildman–Crippen MR) is 49.9 cm³/mol. The first-order chi connectivity index (χ1) is 6.09. The first-order valence-corrected chi connectivity index (χ1v) is 4.99. The van der Waals surface area contributed by atoms with Crippen molar-refractivity contribution >= 4 is 5.97 Å². The maximum absolute atomic E-state index is 11.2. The first-order valence-electron chi connectivity index (χ1n) is 4.99. The Balaban J connectivity index is 1.86. The van der Waals surface area contributed by atoms with E-state index in [0.717, 1.165) is 19.3 Å². The molecule has 0 radical (unpaired) electrons. The summed E-state index contributed by atoms with van der Waals surface area (Å²) in [5.74, 6) is 0.176. The number of hydrogen-bond donors (Lipinski definition) is 0. The van der Waals surface area contributed by atoms with E-state index < -0.39 is 0 Å². The van der Waals surface area contributed by atoms with Crippen LogP contribution in [0, 0.1) is 11.3 Å². The second-order valence-electron chi connectivity index (χ2n) is 4.74. The quantitative estimate of drug-likeness (QED) is 0.482. The summed E-state index contributed by atoms with van der Waals surface area (Å²) in [4.78, 5) is 11.2. The minimum absolute atomic E-state index is 0.0322. The van der Waals surface area contributed by atoms with Gasteiger partial charge in [0.2, 0.25) is 0 Å². The molecule has 2 aliphatic rings. The Bertz CT molecular complexity index is 259. The molecule has 0 bridgehead atoms. The van der Waals surface area contributed by atoms with Gasteiger partial charge in [-0.3, -0.25) is 4.79 Å². The molecule has 2 aliphatic carbocycles. The fraction of sp³-hybridized carbons (Fsp3) is 0.727. The van der Waals surface area contributed by atoms with Crippen LogP contribution in [0.25, 0.3) is 0 Å². The van der Waals surface area contributed by atoms with Crippen molar-refractivity contribution in [3.63, 3.8) is 0 Å². The van der Waals surface area contributed by atoms with Crippen molar-refractivity contribution in [2.75, 3.05) is 0 Å². The molecule has 72 valence electrons. The molecule has 0 spiro atoms. The SMILES string of the molecule is CC1(C)CCC1=COC(=O)C1CC1. The zero-order chi connectivity index (χ0) is 9.47. The van der Waals surface area contributed by atoms with Gasteiger partial charge in [0.1, 0.15) is 0 Å². The number of rotatable bonds is 2. The van der Waals surface area contributed by atoms with Gasteiger partial charge in [-0.1, -0.05) is 13.8 Å². The van der Waals surface area contributed by atoms with Gasteiger partial charge < -0.3 is 4.74 Å². The van der Waals surface area contributed by atoms with Crippen LogP contribution in [0.1, 0.15) is 39.5 Å². The highest BCUT2D eigenvalue weighted by atomic mass is 16.5. The standard InChI is InChI=1S/C11H16O2/c1-11(2)6-5-9(11)7-13-10(12)8-3-4-8/h7-8H,3-6H2,1-2H3. The molecule has 0 heterocycles. The molecule has 0 N–H and O–H groups in total. The molecule has 2 heteroatoms. The van der Waals surface area contributed by atoms with Crippen LogP contribution in [0.15, 0.2) is 11.8 Å². The lowest BCUT2D eigenvalue weighted by Crippen LogP contribution is -2.25. The number of carbonyl (C=O) groups is 1. The van der Waals surface area contributed by atoms with Gasteiger partial charge in [-0.25, -0.2) is 0 Å². The van der Waals surface area contributed by atoms with Crippen LogP contribution in [-0.2, 0) is 9.53 Å². The number of allylic oxidation sites excluding steroid dienone is 1. The van der Waals surface area contributed by atoms with E-state index >= 15 is 0 Å². The molecule has 2 nitrogen and oxygen atoms in total. The number of ether oxygens (including phenoxy) is 1. The molecule has 0 aromatic carbocycles. The van der Waals surface area contributed by atoms with E-state index in [9.17, 15) is 4.79 Å². The first kappa shape index (κ1) is 8.79. The van der Waals surface area contributed by atoms with Crippen molar-refractivity contribution in [1.82, 2.24) is 0 Å². The van der Waals surface area contributed by atoms with E-state index in [1.807, 2.05) is 0 Å². The zero-order valence-electron chi connectivity index (χ0n) is 8.30. The molecular formula is C11H16O2. The van der Waals surface area contributed by atoms with Crippen LogP contribution >= 0.6 is 0 Å². The lowest BCUT2D eigenvalue weighted by molar-refractivity contribution is -0.139. The minimum atomic E-state index is -0.0322. The Morgan fingerprint density at radius 3 is 2.62 bits per heavy atom. The van der Waals surface area contributed by atoms with Crippen molar-refractivity contribution in [3.8, 4) is 0 Å². The van der Waals surface area contributed by atoms with Gasteiger partial charge in [-0.15, -0.1) is 0 Å². The monoisotopic (exact) mass is 180 g/mol. The highest BCUT2D eigenvalue weighted by molar-refractivity contribution is 5.75. The Labute approximate surface area is 79.0 Å². The second-order valence-corrected chi connectivity index (χ2v) is 4.74. The van der Waals surface area contributed by atoms with Crippen LogP contribution in [0.5, 0.6) is 0 Å². The van der Waals surface area contributed by atoms with Gasteiger partial charge in [-0.2, -0.15) is 0 Å². The van der Waals surface area contributed by atoms with Gasteiger partial charge in [0.25, 0.3) is 0 Å². The van der Waals surface area contributed by atoms with Crippen LogP contribution in [0.4, 0.5) is 0 Å². The van der Waals surface area contributed by atoms with E-state index in [1.54, 1.807) is 6.26 Å². The van der Waals surface area contributed by atoms with Crippen molar-refractivity contribution in [2.24, 2.45) is 11.3 Å². The Morgan fingerprint density at radius 2 is 2.23 bits per heavy atom. The summed E-state index contributed by atoms with van der Waals surface area (Å²) in [7, 11) is 0. The largest absolute Gasteiger partial charge is 0.434 e. The summed E-state index contributed by atoms with van der Waals surface area (Å²) in [5.41, 5.74) is 1.55. The summed E-state index contributed by atoms with van der Waals surface area (Å²) in [6.45, 7) is 4.38. The fourth-order valence-corrected chi connectivity index (χ4v) is 1.53. The topological polar surface area (TPSA) is 26.3 Å². The highest BCUT2D eigenvalue weighted by Crippen LogP contribution is 2.45. The third-order valence-electron chi connectivity index (χ3n) is 3.12. The van der Waals surface area contributed by atoms with Gasteiger partial charge in [-0.05, 0) is 36.7 Å². The van der Waals surface area contributed by atoms with Gasteiger partial charge in [0.05, 0.1) is 12.2 Å². The van der Waals surface area contributed by atoms with Crippen molar-refractivity contribution in [3.05, 3.63) is 11.8 Å². The summed E-state index contributed by atoms with van der Waals surface area (Å²) < 4.78 is 5.10.